The van der Waals surface area contributed by atoms with Gasteiger partial charge in [0.25, 0.3) is 15.9 Å². The highest BCUT2D eigenvalue weighted by atomic mass is 32.2. The maximum absolute atomic E-state index is 14.0. The van der Waals surface area contributed by atoms with Crippen molar-refractivity contribution < 1.29 is 22.7 Å². The number of anilines is 2. The molecule has 4 rings (SSSR count). The van der Waals surface area contributed by atoms with Gasteiger partial charge < -0.3 is 15.7 Å². The summed E-state index contributed by atoms with van der Waals surface area (Å²) in [7, 11) is -4.31. The number of nitrogen functional groups attached to an aromatic ring is 1. The van der Waals surface area contributed by atoms with Crippen molar-refractivity contribution in [3.05, 3.63) is 59.9 Å². The van der Waals surface area contributed by atoms with Crippen molar-refractivity contribution in [3.63, 3.8) is 0 Å². The zero-order valence-corrected chi connectivity index (χ0v) is 20.3. The summed E-state index contributed by atoms with van der Waals surface area (Å²) in [6.07, 6.45) is 0.830. The minimum absolute atomic E-state index is 0.00487. The quantitative estimate of drug-likeness (QED) is 0.486. The summed E-state index contributed by atoms with van der Waals surface area (Å²) in [5, 5.41) is 9.84. The molecule has 0 bridgehead atoms. The minimum atomic E-state index is -4.31. The second kappa shape index (κ2) is 8.81. The molecule has 3 heterocycles. The maximum atomic E-state index is 14.0. The number of sulfonamides is 1. The lowest BCUT2D eigenvalue weighted by molar-refractivity contribution is 0.0981. The van der Waals surface area contributed by atoms with Crippen LogP contribution in [0.5, 0.6) is 5.75 Å². The molecule has 1 aliphatic rings. The first-order valence-electron chi connectivity index (χ1n) is 11.0. The van der Waals surface area contributed by atoms with Crippen molar-refractivity contribution >= 4 is 27.6 Å². The van der Waals surface area contributed by atoms with Crippen LogP contribution in [0.3, 0.4) is 0 Å². The van der Waals surface area contributed by atoms with Crippen LogP contribution in [0.15, 0.2) is 53.6 Å². The number of hydrogen-bond acceptors (Lipinski definition) is 8. The van der Waals surface area contributed by atoms with Crippen molar-refractivity contribution in [2.45, 2.75) is 37.8 Å². The molecule has 184 valence electrons. The first kappa shape index (κ1) is 24.4. The first-order valence-corrected chi connectivity index (χ1v) is 12.5. The Morgan fingerprint density at radius 3 is 2.54 bits per heavy atom. The summed E-state index contributed by atoms with van der Waals surface area (Å²) in [5.41, 5.74) is 5.59. The molecule has 0 radical (unpaired) electrons. The fourth-order valence-electron chi connectivity index (χ4n) is 4.12. The van der Waals surface area contributed by atoms with Gasteiger partial charge in [-0.05, 0) is 62.6 Å². The van der Waals surface area contributed by atoms with E-state index in [1.807, 2.05) is 23.5 Å². The van der Waals surface area contributed by atoms with Crippen molar-refractivity contribution in [1.29, 1.82) is 0 Å². The van der Waals surface area contributed by atoms with E-state index in [-0.39, 0.29) is 34.4 Å². The fourth-order valence-corrected chi connectivity index (χ4v) is 5.06. The average molecular weight is 500 g/mol. The van der Waals surface area contributed by atoms with Crippen LogP contribution >= 0.6 is 0 Å². The summed E-state index contributed by atoms with van der Waals surface area (Å²) in [4.78, 5) is 23.5. The molecule has 35 heavy (non-hydrogen) atoms. The van der Waals surface area contributed by atoms with E-state index in [0.29, 0.717) is 6.54 Å². The van der Waals surface area contributed by atoms with Crippen LogP contribution in [0.4, 0.5) is 16.0 Å². The van der Waals surface area contributed by atoms with E-state index in [4.69, 9.17) is 5.73 Å². The van der Waals surface area contributed by atoms with Gasteiger partial charge in [0.2, 0.25) is 0 Å². The van der Waals surface area contributed by atoms with Crippen LogP contribution in [0.1, 0.15) is 37.6 Å². The number of nitrogens with zero attached hydrogens (tertiary/aromatic N) is 3. The number of phenols is 1. The summed E-state index contributed by atoms with van der Waals surface area (Å²) >= 11 is 0. The molecule has 2 aromatic heterocycles. The third-order valence-corrected chi connectivity index (χ3v) is 7.81. The Kier molecular flexibility index (Phi) is 6.14. The van der Waals surface area contributed by atoms with Crippen molar-refractivity contribution in [3.8, 4) is 17.0 Å². The number of benzene rings is 1. The predicted molar refractivity (Wildman–Crippen MR) is 130 cm³/mol. The second-order valence-corrected chi connectivity index (χ2v) is 10.7. The molecule has 1 saturated heterocycles. The van der Waals surface area contributed by atoms with Crippen LogP contribution in [0.2, 0.25) is 0 Å². The SMILES string of the molecule is CC1CCN(c2nc(-c3cccc(F)c3O)ccc2C(=O)NS(=O)(=O)c2cccc(N)n2)C1(C)C. The van der Waals surface area contributed by atoms with E-state index in [0.717, 1.165) is 12.5 Å². The van der Waals surface area contributed by atoms with Crippen molar-refractivity contribution in [2.75, 3.05) is 17.2 Å². The Morgan fingerprint density at radius 1 is 1.17 bits per heavy atom. The Bertz CT molecular complexity index is 1410. The first-order chi connectivity index (χ1) is 16.4. The molecule has 0 saturated carbocycles. The number of phenolic OH excluding ortho intramolecular Hbond substituents is 1. The third kappa shape index (κ3) is 4.51. The van der Waals surface area contributed by atoms with E-state index in [2.05, 4.69) is 16.9 Å². The molecule has 0 aliphatic carbocycles. The summed E-state index contributed by atoms with van der Waals surface area (Å²) in [5.74, 6) is -1.78. The highest BCUT2D eigenvalue weighted by molar-refractivity contribution is 7.90. The van der Waals surface area contributed by atoms with Gasteiger partial charge in [-0.2, -0.15) is 8.42 Å². The summed E-state index contributed by atoms with van der Waals surface area (Å²) in [6, 6.07) is 11.0. The lowest BCUT2D eigenvalue weighted by Gasteiger charge is -2.36. The van der Waals surface area contributed by atoms with E-state index in [1.54, 1.807) is 0 Å². The Labute approximate surface area is 202 Å². The number of nitrogens with one attached hydrogen (secondary N) is 1. The average Bonchev–Trinajstić information content (AvgIpc) is 3.07. The Balaban J connectivity index is 1.80. The molecular formula is C24H26FN5O4S. The number of pyridine rings is 2. The topological polar surface area (TPSA) is 139 Å². The number of hydrogen-bond donors (Lipinski definition) is 3. The number of rotatable bonds is 5. The Morgan fingerprint density at radius 2 is 1.89 bits per heavy atom. The summed E-state index contributed by atoms with van der Waals surface area (Å²) < 4.78 is 41.6. The molecule has 3 aromatic rings. The van der Waals surface area contributed by atoms with Gasteiger partial charge in [-0.3, -0.25) is 4.79 Å². The molecule has 11 heteroatoms. The lowest BCUT2D eigenvalue weighted by atomic mass is 9.90. The van der Waals surface area contributed by atoms with Crippen molar-refractivity contribution in [1.82, 2.24) is 14.7 Å². The molecular weight excluding hydrogens is 473 g/mol. The largest absolute Gasteiger partial charge is 0.504 e. The molecule has 9 nitrogen and oxygen atoms in total. The lowest BCUT2D eigenvalue weighted by Crippen LogP contribution is -2.43. The number of nitrogens with two attached hydrogens (primary N) is 1. The van der Waals surface area contributed by atoms with E-state index >= 15 is 0 Å². The zero-order valence-electron chi connectivity index (χ0n) is 19.5. The number of aromatic nitrogens is 2. The standard InChI is InChI=1S/C24H26FN5O4S/c1-14-12-13-30(24(14,2)3)22-16(10-11-18(27-22)15-6-4-7-17(25)21(15)31)23(32)29-35(33,34)20-9-5-8-19(26)28-20/h4-11,14,31H,12-13H2,1-3H3,(H2,26,28)(H,29,32). The second-order valence-electron chi connectivity index (χ2n) is 9.03. The van der Waals surface area contributed by atoms with Crippen LogP contribution in [-0.2, 0) is 10.0 Å². The van der Waals surface area contributed by atoms with Crippen LogP contribution in [0, 0.1) is 11.7 Å². The van der Waals surface area contributed by atoms with E-state index < -0.39 is 38.1 Å². The predicted octanol–water partition coefficient (Wildman–Crippen LogP) is 3.31. The molecule has 4 N–H and O–H groups in total. The van der Waals surface area contributed by atoms with Gasteiger partial charge in [0, 0.05) is 17.6 Å². The van der Waals surface area contributed by atoms with Crippen LogP contribution < -0.4 is 15.4 Å². The van der Waals surface area contributed by atoms with Gasteiger partial charge in [-0.15, -0.1) is 0 Å². The van der Waals surface area contributed by atoms with Crippen molar-refractivity contribution in [2.24, 2.45) is 5.92 Å². The number of amides is 1. The molecule has 0 spiro atoms. The van der Waals surface area contributed by atoms with Gasteiger partial charge >= 0.3 is 0 Å². The van der Waals surface area contributed by atoms with Crippen LogP contribution in [-0.4, -0.2) is 41.5 Å². The number of carbonyl (C=O) groups excluding carboxylic acids is 1. The normalized spacial score (nSPS) is 17.4. The minimum Gasteiger partial charge on any atom is -0.504 e. The molecule has 1 unspecified atom stereocenters. The van der Waals surface area contributed by atoms with Gasteiger partial charge in [0.1, 0.15) is 11.6 Å². The molecule has 1 atom stereocenters. The zero-order chi connectivity index (χ0) is 25.5. The summed E-state index contributed by atoms with van der Waals surface area (Å²) in [6.45, 7) is 6.67. The van der Waals surface area contributed by atoms with Crippen LogP contribution in [0.25, 0.3) is 11.3 Å². The highest BCUT2D eigenvalue weighted by Gasteiger charge is 2.41. The number of para-hydroxylation sites is 1. The molecule has 1 aliphatic heterocycles. The number of aromatic hydroxyl groups is 1. The Hall–Kier alpha value is -3.73. The van der Waals surface area contributed by atoms with Gasteiger partial charge in [0.15, 0.2) is 16.6 Å². The monoisotopic (exact) mass is 499 g/mol. The maximum Gasteiger partial charge on any atom is 0.281 e. The number of halogens is 1. The third-order valence-electron chi connectivity index (χ3n) is 6.57. The van der Waals surface area contributed by atoms with E-state index in [9.17, 15) is 22.7 Å². The highest BCUT2D eigenvalue weighted by Crippen LogP contribution is 2.40. The van der Waals surface area contributed by atoms with Gasteiger partial charge in [-0.25, -0.2) is 19.1 Å². The molecule has 1 aromatic carbocycles. The molecule has 1 fully saturated rings. The number of carbonyl (C=O) groups is 1. The van der Waals surface area contributed by atoms with Gasteiger partial charge in [0.05, 0.1) is 11.3 Å². The van der Waals surface area contributed by atoms with E-state index in [1.165, 1.54) is 42.5 Å². The fraction of sp³-hybridized carbons (Fsp3) is 0.292. The van der Waals surface area contributed by atoms with Gasteiger partial charge in [-0.1, -0.05) is 19.1 Å². The smallest absolute Gasteiger partial charge is 0.281 e. The molecule has 1 amide bonds.